The van der Waals surface area contributed by atoms with Crippen molar-refractivity contribution in [2.75, 3.05) is 18.2 Å². The molecule has 1 aromatic rings. The third-order valence-electron chi connectivity index (χ3n) is 2.82. The maximum Gasteiger partial charge on any atom is 1.00 e. The molecule has 0 unspecified atom stereocenters. The third-order valence-corrected chi connectivity index (χ3v) is 2.82. The normalized spacial score (nSPS) is 9.75. The largest absolute Gasteiger partial charge is 1.00 e. The van der Waals surface area contributed by atoms with E-state index in [1.54, 1.807) is 6.92 Å². The molecular weight excluding hydrogens is 269 g/mol. The van der Waals surface area contributed by atoms with Gasteiger partial charge in [-0.05, 0) is 31.4 Å². The van der Waals surface area contributed by atoms with Gasteiger partial charge >= 0.3 is 29.6 Å². The first-order chi connectivity index (χ1) is 9.02. The Morgan fingerprint density at radius 2 is 1.95 bits per heavy atom. The van der Waals surface area contributed by atoms with Crippen molar-refractivity contribution in [2.45, 2.75) is 27.2 Å². The zero-order valence-electron chi connectivity index (χ0n) is 12.4. The number of carboxylic acid groups (broad SMARTS) is 1. The van der Waals surface area contributed by atoms with Crippen molar-refractivity contribution in [2.24, 2.45) is 0 Å². The Morgan fingerprint density at radius 3 is 2.45 bits per heavy atom. The number of carbonyl (C=O) groups excluding carboxylic acids is 2. The van der Waals surface area contributed by atoms with Crippen LogP contribution in [-0.4, -0.2) is 25.2 Å². The molecule has 1 amide bonds. The van der Waals surface area contributed by atoms with E-state index >= 15 is 0 Å². The van der Waals surface area contributed by atoms with Crippen LogP contribution in [0.4, 0.5) is 5.69 Å². The van der Waals surface area contributed by atoms with E-state index in [2.05, 4.69) is 0 Å². The molecule has 0 saturated carbocycles. The molecule has 0 aliphatic heterocycles. The number of aryl methyl sites for hydroxylation is 2. The van der Waals surface area contributed by atoms with Crippen LogP contribution in [0.3, 0.4) is 0 Å². The summed E-state index contributed by atoms with van der Waals surface area (Å²) in [5.74, 6) is -2.82. The first-order valence-electron chi connectivity index (χ1n) is 6.21. The van der Waals surface area contributed by atoms with Crippen LogP contribution < -0.4 is 39.6 Å². The second-order valence-corrected chi connectivity index (χ2v) is 4.08. The summed E-state index contributed by atoms with van der Waals surface area (Å²) in [7, 11) is 0. The molecule has 5 nitrogen and oxygen atoms in total. The maximum absolute atomic E-state index is 11.8. The van der Waals surface area contributed by atoms with Crippen molar-refractivity contribution in [3.63, 3.8) is 0 Å². The van der Waals surface area contributed by atoms with Gasteiger partial charge < -0.3 is 14.6 Å². The predicted molar refractivity (Wildman–Crippen MR) is 69.5 cm³/mol. The number of amides is 1. The van der Waals surface area contributed by atoms with E-state index in [1.165, 1.54) is 0 Å². The standard InChI is InChI=1S/C14H19NO4.Na/c1-4-11-8-6-7-10(3)12(11)15(9-19-5-2)13(16)14(17)18;/h6-8H,4-5,9H2,1-3H3,(H,17,18);/q;+1/p-1. The molecule has 0 fully saturated rings. The number of aliphatic carboxylic acids is 1. The minimum atomic E-state index is -1.73. The van der Waals surface area contributed by atoms with Crippen LogP contribution in [0.1, 0.15) is 25.0 Å². The molecule has 0 radical (unpaired) electrons. The SMILES string of the molecule is CCOCN(C(=O)C(=O)[O-])c1c(C)cccc1CC.[Na+]. The van der Waals surface area contributed by atoms with Crippen LogP contribution >= 0.6 is 0 Å². The average Bonchev–Trinajstić information content (AvgIpc) is 2.39. The molecule has 104 valence electrons. The van der Waals surface area contributed by atoms with E-state index in [1.807, 2.05) is 32.0 Å². The maximum atomic E-state index is 11.8. The van der Waals surface area contributed by atoms with Crippen LogP contribution in [0.2, 0.25) is 0 Å². The molecule has 0 heterocycles. The summed E-state index contributed by atoms with van der Waals surface area (Å²) < 4.78 is 5.19. The Morgan fingerprint density at radius 1 is 1.30 bits per heavy atom. The van der Waals surface area contributed by atoms with E-state index in [0.717, 1.165) is 16.0 Å². The number of para-hydroxylation sites is 1. The smallest absolute Gasteiger partial charge is 0.540 e. The molecule has 20 heavy (non-hydrogen) atoms. The van der Waals surface area contributed by atoms with Gasteiger partial charge in [-0.2, -0.15) is 0 Å². The molecule has 1 aromatic carbocycles. The Balaban J connectivity index is 0.00000361. The van der Waals surface area contributed by atoms with Gasteiger partial charge in [0.1, 0.15) is 12.7 Å². The molecule has 0 aliphatic rings. The van der Waals surface area contributed by atoms with Gasteiger partial charge in [-0.25, -0.2) is 0 Å². The number of rotatable bonds is 5. The minimum Gasteiger partial charge on any atom is -0.540 e. The number of ether oxygens (including phenoxy) is 1. The van der Waals surface area contributed by atoms with Gasteiger partial charge in [-0.15, -0.1) is 0 Å². The first kappa shape index (κ1) is 19.1. The van der Waals surface area contributed by atoms with Crippen molar-refractivity contribution in [1.82, 2.24) is 0 Å². The number of carboxylic acids is 1. The Labute approximate surface area is 141 Å². The van der Waals surface area contributed by atoms with Crippen LogP contribution in [0, 0.1) is 6.92 Å². The molecular formula is C14H18NNaO4. The Kier molecular flexibility index (Phi) is 8.73. The molecule has 0 saturated heterocycles. The fourth-order valence-corrected chi connectivity index (χ4v) is 1.91. The summed E-state index contributed by atoms with van der Waals surface area (Å²) in [5.41, 5.74) is 2.32. The predicted octanol–water partition coefficient (Wildman–Crippen LogP) is -2.36. The summed E-state index contributed by atoms with van der Waals surface area (Å²) in [4.78, 5) is 23.7. The van der Waals surface area contributed by atoms with E-state index in [9.17, 15) is 14.7 Å². The minimum absolute atomic E-state index is 0. The van der Waals surface area contributed by atoms with E-state index in [4.69, 9.17) is 4.74 Å². The topological polar surface area (TPSA) is 69.7 Å². The van der Waals surface area contributed by atoms with Gasteiger partial charge in [0.25, 0.3) is 5.91 Å². The number of benzene rings is 1. The summed E-state index contributed by atoms with van der Waals surface area (Å²) in [6.07, 6.45) is 0.694. The van der Waals surface area contributed by atoms with Crippen molar-refractivity contribution >= 4 is 17.6 Å². The van der Waals surface area contributed by atoms with E-state index in [-0.39, 0.29) is 36.3 Å². The van der Waals surface area contributed by atoms with E-state index in [0.29, 0.717) is 18.7 Å². The number of hydrogen-bond acceptors (Lipinski definition) is 4. The quantitative estimate of drug-likeness (QED) is 0.345. The molecule has 0 aliphatic carbocycles. The third kappa shape index (κ3) is 4.59. The van der Waals surface area contributed by atoms with Crippen LogP contribution in [0.25, 0.3) is 0 Å². The fraction of sp³-hybridized carbons (Fsp3) is 0.429. The van der Waals surface area contributed by atoms with Gasteiger partial charge in [0.2, 0.25) is 0 Å². The molecule has 0 atom stereocenters. The van der Waals surface area contributed by atoms with Crippen LogP contribution in [0.15, 0.2) is 18.2 Å². The number of hydrogen-bond donors (Lipinski definition) is 0. The molecule has 0 aromatic heterocycles. The first-order valence-corrected chi connectivity index (χ1v) is 6.21. The zero-order valence-corrected chi connectivity index (χ0v) is 14.4. The number of anilines is 1. The molecule has 6 heteroatoms. The molecule has 1 rings (SSSR count). The monoisotopic (exact) mass is 287 g/mol. The van der Waals surface area contributed by atoms with Gasteiger partial charge in [-0.1, -0.05) is 25.1 Å². The molecule has 0 spiro atoms. The summed E-state index contributed by atoms with van der Waals surface area (Å²) in [6.45, 7) is 5.85. The van der Waals surface area contributed by atoms with E-state index < -0.39 is 11.9 Å². The second-order valence-electron chi connectivity index (χ2n) is 4.08. The van der Waals surface area contributed by atoms with Crippen molar-refractivity contribution in [3.05, 3.63) is 29.3 Å². The van der Waals surface area contributed by atoms with Gasteiger partial charge in [-0.3, -0.25) is 9.69 Å². The average molecular weight is 287 g/mol. The van der Waals surface area contributed by atoms with Crippen molar-refractivity contribution in [1.29, 1.82) is 0 Å². The summed E-state index contributed by atoms with van der Waals surface area (Å²) >= 11 is 0. The fourth-order valence-electron chi connectivity index (χ4n) is 1.91. The second kappa shape index (κ2) is 9.13. The van der Waals surface area contributed by atoms with Gasteiger partial charge in [0.15, 0.2) is 0 Å². The number of carbonyl (C=O) groups is 2. The Bertz CT molecular complexity index is 476. The zero-order chi connectivity index (χ0) is 14.4. The van der Waals surface area contributed by atoms with Crippen LogP contribution in [-0.2, 0) is 20.7 Å². The molecule has 0 bridgehead atoms. The van der Waals surface area contributed by atoms with Gasteiger partial charge in [0.05, 0.1) is 5.69 Å². The van der Waals surface area contributed by atoms with Crippen LogP contribution in [0.5, 0.6) is 0 Å². The van der Waals surface area contributed by atoms with Gasteiger partial charge in [0, 0.05) is 6.61 Å². The van der Waals surface area contributed by atoms with Crippen molar-refractivity contribution < 1.29 is 49.0 Å². The summed E-state index contributed by atoms with van der Waals surface area (Å²) in [5, 5.41) is 10.8. The Hall–Kier alpha value is -0.880. The number of nitrogens with zero attached hydrogens (tertiary/aromatic N) is 1. The summed E-state index contributed by atoms with van der Waals surface area (Å²) in [6, 6.07) is 5.57. The molecule has 0 N–H and O–H groups in total. The van der Waals surface area contributed by atoms with Crippen molar-refractivity contribution in [3.8, 4) is 0 Å².